The molecule has 0 radical (unpaired) electrons. The topological polar surface area (TPSA) is 64.7 Å². The van der Waals surface area contributed by atoms with Gasteiger partial charge in [0.1, 0.15) is 0 Å². The molecule has 2 aromatic heterocycles. The fourth-order valence-corrected chi connectivity index (χ4v) is 2.70. The fraction of sp³-hybridized carbons (Fsp3) is 0.316. The molecule has 3 rings (SSSR count). The van der Waals surface area contributed by atoms with Gasteiger partial charge in [-0.2, -0.15) is 10.2 Å². The van der Waals surface area contributed by atoms with E-state index in [1.807, 2.05) is 53.9 Å². The molecular weight excluding hydrogens is 314 g/mol. The van der Waals surface area contributed by atoms with E-state index in [1.165, 1.54) is 5.56 Å². The number of aromatic nitrogens is 4. The van der Waals surface area contributed by atoms with Crippen LogP contribution < -0.4 is 5.32 Å². The van der Waals surface area contributed by atoms with Gasteiger partial charge < -0.3 is 5.32 Å². The maximum absolute atomic E-state index is 12.1. The third-order valence-electron chi connectivity index (χ3n) is 4.35. The lowest BCUT2D eigenvalue weighted by Gasteiger charge is -2.03. The van der Waals surface area contributed by atoms with E-state index in [4.69, 9.17) is 0 Å². The van der Waals surface area contributed by atoms with Crippen molar-refractivity contribution in [1.29, 1.82) is 0 Å². The predicted octanol–water partition coefficient (Wildman–Crippen LogP) is 2.74. The summed E-state index contributed by atoms with van der Waals surface area (Å²) in [4.78, 5) is 12.1. The first-order valence-electron chi connectivity index (χ1n) is 8.45. The number of hydrogen-bond acceptors (Lipinski definition) is 3. The van der Waals surface area contributed by atoms with Crippen LogP contribution in [0, 0.1) is 6.92 Å². The minimum absolute atomic E-state index is 0.00846. The van der Waals surface area contributed by atoms with Crippen LogP contribution in [-0.4, -0.2) is 25.5 Å². The van der Waals surface area contributed by atoms with Crippen LogP contribution in [0.4, 0.5) is 5.69 Å². The van der Waals surface area contributed by atoms with Crippen molar-refractivity contribution >= 4 is 11.6 Å². The molecule has 0 aliphatic heterocycles. The van der Waals surface area contributed by atoms with Crippen molar-refractivity contribution in [2.45, 2.75) is 32.7 Å². The molecule has 0 saturated heterocycles. The minimum Gasteiger partial charge on any atom is -0.323 e. The standard InChI is InChI=1S/C19H23N5O/c1-15-17(12-20-23(15)2)8-9-19(25)22-18-13-21-24(14-18)11-10-16-6-4-3-5-7-16/h3-7,12-14H,8-11H2,1-2H3,(H,22,25). The summed E-state index contributed by atoms with van der Waals surface area (Å²) in [6.45, 7) is 2.80. The zero-order valence-electron chi connectivity index (χ0n) is 14.6. The Kier molecular flexibility index (Phi) is 5.28. The van der Waals surface area contributed by atoms with Gasteiger partial charge in [0.05, 0.1) is 18.1 Å². The Morgan fingerprint density at radius 1 is 1.12 bits per heavy atom. The van der Waals surface area contributed by atoms with E-state index in [1.54, 1.807) is 6.20 Å². The SMILES string of the molecule is Cc1c(CCC(=O)Nc2cnn(CCc3ccccc3)c2)cnn1C. The number of nitrogens with one attached hydrogen (secondary N) is 1. The van der Waals surface area contributed by atoms with Crippen LogP contribution in [0.2, 0.25) is 0 Å². The molecule has 130 valence electrons. The molecular formula is C19H23N5O. The van der Waals surface area contributed by atoms with Crippen LogP contribution in [0.3, 0.4) is 0 Å². The highest BCUT2D eigenvalue weighted by Gasteiger charge is 2.08. The summed E-state index contributed by atoms with van der Waals surface area (Å²) in [5.74, 6) is -0.00846. The summed E-state index contributed by atoms with van der Waals surface area (Å²) < 4.78 is 3.68. The van der Waals surface area contributed by atoms with E-state index >= 15 is 0 Å². The van der Waals surface area contributed by atoms with Crippen molar-refractivity contribution in [3.8, 4) is 0 Å². The number of hydrogen-bond donors (Lipinski definition) is 1. The second kappa shape index (κ2) is 7.79. The number of rotatable bonds is 7. The largest absolute Gasteiger partial charge is 0.323 e. The Balaban J connectivity index is 1.47. The first-order valence-corrected chi connectivity index (χ1v) is 8.45. The zero-order chi connectivity index (χ0) is 17.6. The van der Waals surface area contributed by atoms with E-state index in [2.05, 4.69) is 27.6 Å². The molecule has 0 bridgehead atoms. The quantitative estimate of drug-likeness (QED) is 0.721. The zero-order valence-corrected chi connectivity index (χ0v) is 14.6. The summed E-state index contributed by atoms with van der Waals surface area (Å²) in [6.07, 6.45) is 7.42. The highest BCUT2D eigenvalue weighted by molar-refractivity contribution is 5.90. The van der Waals surface area contributed by atoms with Crippen molar-refractivity contribution < 1.29 is 4.79 Å². The van der Waals surface area contributed by atoms with E-state index < -0.39 is 0 Å². The predicted molar refractivity (Wildman–Crippen MR) is 97.3 cm³/mol. The molecule has 1 amide bonds. The van der Waals surface area contributed by atoms with Gasteiger partial charge in [0.25, 0.3) is 0 Å². The highest BCUT2D eigenvalue weighted by atomic mass is 16.1. The summed E-state index contributed by atoms with van der Waals surface area (Å²) in [6, 6.07) is 10.3. The number of benzene rings is 1. The van der Waals surface area contributed by atoms with Crippen molar-refractivity contribution in [2.75, 3.05) is 5.32 Å². The third-order valence-corrected chi connectivity index (χ3v) is 4.35. The third kappa shape index (κ3) is 4.56. The number of carbonyl (C=O) groups excluding carboxylic acids is 1. The number of carbonyl (C=O) groups is 1. The summed E-state index contributed by atoms with van der Waals surface area (Å²) >= 11 is 0. The monoisotopic (exact) mass is 337 g/mol. The molecule has 0 saturated carbocycles. The fourth-order valence-electron chi connectivity index (χ4n) is 2.70. The van der Waals surface area contributed by atoms with Gasteiger partial charge in [-0.1, -0.05) is 30.3 Å². The van der Waals surface area contributed by atoms with Crippen LogP contribution in [-0.2, 0) is 31.2 Å². The van der Waals surface area contributed by atoms with Gasteiger partial charge in [-0.25, -0.2) is 0 Å². The molecule has 1 N–H and O–H groups in total. The average Bonchev–Trinajstić information content (AvgIpc) is 3.20. The lowest BCUT2D eigenvalue weighted by atomic mass is 10.1. The Labute approximate surface area is 147 Å². The van der Waals surface area contributed by atoms with Crippen molar-refractivity contribution in [3.63, 3.8) is 0 Å². The Hall–Kier alpha value is -2.89. The molecule has 25 heavy (non-hydrogen) atoms. The molecule has 3 aromatic rings. The van der Waals surface area contributed by atoms with Crippen LogP contribution >= 0.6 is 0 Å². The van der Waals surface area contributed by atoms with Crippen molar-refractivity contribution in [2.24, 2.45) is 7.05 Å². The number of anilines is 1. The summed E-state index contributed by atoms with van der Waals surface area (Å²) in [7, 11) is 1.91. The molecule has 0 aliphatic carbocycles. The Morgan fingerprint density at radius 3 is 2.64 bits per heavy atom. The van der Waals surface area contributed by atoms with Crippen LogP contribution in [0.15, 0.2) is 48.9 Å². The van der Waals surface area contributed by atoms with Gasteiger partial charge in [0.15, 0.2) is 0 Å². The number of aryl methyl sites for hydroxylation is 4. The molecule has 0 fully saturated rings. The van der Waals surface area contributed by atoms with E-state index in [9.17, 15) is 4.79 Å². The first kappa shape index (κ1) is 17.0. The van der Waals surface area contributed by atoms with Crippen molar-refractivity contribution in [1.82, 2.24) is 19.6 Å². The normalized spacial score (nSPS) is 10.8. The number of amides is 1. The van der Waals surface area contributed by atoms with E-state index in [0.717, 1.165) is 29.9 Å². The molecule has 6 heteroatoms. The highest BCUT2D eigenvalue weighted by Crippen LogP contribution is 2.11. The smallest absolute Gasteiger partial charge is 0.224 e. The minimum atomic E-state index is -0.00846. The average molecular weight is 337 g/mol. The van der Waals surface area contributed by atoms with Crippen LogP contribution in [0.25, 0.3) is 0 Å². The lowest BCUT2D eigenvalue weighted by Crippen LogP contribution is -2.12. The molecule has 1 aromatic carbocycles. The van der Waals surface area contributed by atoms with Crippen molar-refractivity contribution in [3.05, 3.63) is 65.7 Å². The maximum atomic E-state index is 12.1. The van der Waals surface area contributed by atoms with Gasteiger partial charge in [-0.05, 0) is 30.9 Å². The second-order valence-electron chi connectivity index (χ2n) is 6.15. The van der Waals surface area contributed by atoms with Crippen LogP contribution in [0.5, 0.6) is 0 Å². The van der Waals surface area contributed by atoms with Crippen LogP contribution in [0.1, 0.15) is 23.2 Å². The van der Waals surface area contributed by atoms with Gasteiger partial charge >= 0.3 is 0 Å². The van der Waals surface area contributed by atoms with E-state index in [0.29, 0.717) is 12.8 Å². The van der Waals surface area contributed by atoms with Gasteiger partial charge in [-0.15, -0.1) is 0 Å². The maximum Gasteiger partial charge on any atom is 0.224 e. The molecule has 0 atom stereocenters. The summed E-state index contributed by atoms with van der Waals surface area (Å²) in [5, 5.41) is 11.4. The Morgan fingerprint density at radius 2 is 1.92 bits per heavy atom. The number of nitrogens with zero attached hydrogens (tertiary/aromatic N) is 4. The first-order chi connectivity index (χ1) is 12.1. The summed E-state index contributed by atoms with van der Waals surface area (Å²) in [5.41, 5.74) is 4.22. The molecule has 0 spiro atoms. The molecule has 6 nitrogen and oxygen atoms in total. The molecule has 0 aliphatic rings. The van der Waals surface area contributed by atoms with E-state index in [-0.39, 0.29) is 5.91 Å². The Bertz CT molecular complexity index is 835. The molecule has 0 unspecified atom stereocenters. The lowest BCUT2D eigenvalue weighted by molar-refractivity contribution is -0.116. The van der Waals surface area contributed by atoms with Gasteiger partial charge in [0.2, 0.25) is 5.91 Å². The molecule has 2 heterocycles. The van der Waals surface area contributed by atoms with Gasteiger partial charge in [0, 0.05) is 31.9 Å². The van der Waals surface area contributed by atoms with Gasteiger partial charge in [-0.3, -0.25) is 14.2 Å². The second-order valence-corrected chi connectivity index (χ2v) is 6.15.